The monoisotopic (exact) mass is 445 g/mol. The Morgan fingerprint density at radius 1 is 1.20 bits per heavy atom. The zero-order valence-electron chi connectivity index (χ0n) is 17.9. The standard InChI is InChI=1S/C24H28ClNO3S/c1-5-24(3,4)16-6-10-22-19(13-16)20-14-17(7-11-23(20)29-22)26-30(27,28)18-8-9-21(25)15(2)12-18/h7-9,11-12,14,16,26H,5-6,10,13H2,1-4H3/t16-/m1/s1. The largest absolute Gasteiger partial charge is 0.461 e. The predicted molar refractivity (Wildman–Crippen MR) is 123 cm³/mol. The summed E-state index contributed by atoms with van der Waals surface area (Å²) in [5.41, 5.74) is 3.58. The maximum absolute atomic E-state index is 12.9. The van der Waals surface area contributed by atoms with Crippen molar-refractivity contribution in [3.8, 4) is 0 Å². The van der Waals surface area contributed by atoms with E-state index in [1.54, 1.807) is 25.1 Å². The Bertz CT molecular complexity index is 1210. The molecular weight excluding hydrogens is 418 g/mol. The van der Waals surface area contributed by atoms with E-state index in [2.05, 4.69) is 25.5 Å². The summed E-state index contributed by atoms with van der Waals surface area (Å²) in [5.74, 6) is 1.63. The van der Waals surface area contributed by atoms with Crippen molar-refractivity contribution in [1.82, 2.24) is 0 Å². The maximum atomic E-state index is 12.9. The third kappa shape index (κ3) is 3.85. The van der Waals surface area contributed by atoms with Gasteiger partial charge in [0, 0.05) is 28.1 Å². The summed E-state index contributed by atoms with van der Waals surface area (Å²) in [6.07, 6.45) is 4.16. The number of halogens is 1. The average Bonchev–Trinajstić information content (AvgIpc) is 3.07. The second-order valence-corrected chi connectivity index (χ2v) is 11.1. The van der Waals surface area contributed by atoms with Gasteiger partial charge >= 0.3 is 0 Å². The van der Waals surface area contributed by atoms with Crippen molar-refractivity contribution in [1.29, 1.82) is 0 Å². The van der Waals surface area contributed by atoms with E-state index in [1.165, 1.54) is 11.6 Å². The van der Waals surface area contributed by atoms with Gasteiger partial charge in [-0.25, -0.2) is 8.42 Å². The van der Waals surface area contributed by atoms with E-state index in [4.69, 9.17) is 16.0 Å². The number of nitrogens with one attached hydrogen (secondary N) is 1. The van der Waals surface area contributed by atoms with Gasteiger partial charge in [0.2, 0.25) is 0 Å². The molecule has 4 nitrogen and oxygen atoms in total. The second-order valence-electron chi connectivity index (χ2n) is 9.01. The smallest absolute Gasteiger partial charge is 0.261 e. The van der Waals surface area contributed by atoms with Crippen LogP contribution in [0.1, 0.15) is 50.5 Å². The molecule has 0 amide bonds. The van der Waals surface area contributed by atoms with Gasteiger partial charge in [0.15, 0.2) is 0 Å². The molecule has 30 heavy (non-hydrogen) atoms. The summed E-state index contributed by atoms with van der Waals surface area (Å²) in [4.78, 5) is 0.198. The molecule has 0 fully saturated rings. The number of furan rings is 1. The molecule has 1 N–H and O–H groups in total. The molecule has 0 saturated carbocycles. The van der Waals surface area contributed by atoms with Crippen LogP contribution in [0.4, 0.5) is 5.69 Å². The lowest BCUT2D eigenvalue weighted by molar-refractivity contribution is 0.179. The third-order valence-corrected chi connectivity index (χ3v) is 8.56. The van der Waals surface area contributed by atoms with Gasteiger partial charge < -0.3 is 4.42 Å². The van der Waals surface area contributed by atoms with Crippen LogP contribution in [0.25, 0.3) is 11.0 Å². The summed E-state index contributed by atoms with van der Waals surface area (Å²) in [5, 5.41) is 1.55. The molecule has 160 valence electrons. The molecule has 0 unspecified atom stereocenters. The quantitative estimate of drug-likeness (QED) is 0.473. The van der Waals surface area contributed by atoms with Crippen LogP contribution in [-0.4, -0.2) is 8.42 Å². The first-order valence-electron chi connectivity index (χ1n) is 10.4. The van der Waals surface area contributed by atoms with Gasteiger partial charge in [-0.2, -0.15) is 0 Å². The SMILES string of the molecule is CCC(C)(C)[C@@H]1CCc2oc3ccc(NS(=O)(=O)c4ccc(Cl)c(C)c4)cc3c2C1. The lowest BCUT2D eigenvalue weighted by Gasteiger charge is -2.36. The Morgan fingerprint density at radius 3 is 2.67 bits per heavy atom. The van der Waals surface area contributed by atoms with E-state index in [1.807, 2.05) is 12.1 Å². The van der Waals surface area contributed by atoms with E-state index >= 15 is 0 Å². The van der Waals surface area contributed by atoms with Crippen LogP contribution in [0, 0.1) is 18.3 Å². The number of aryl methyl sites for hydroxylation is 2. The summed E-state index contributed by atoms with van der Waals surface area (Å²) in [7, 11) is -3.70. The van der Waals surface area contributed by atoms with Gasteiger partial charge in [-0.1, -0.05) is 38.8 Å². The molecule has 1 heterocycles. The van der Waals surface area contributed by atoms with Crippen molar-refractivity contribution in [3.63, 3.8) is 0 Å². The molecule has 0 saturated heterocycles. The number of anilines is 1. The fraction of sp³-hybridized carbons (Fsp3) is 0.417. The first-order valence-corrected chi connectivity index (χ1v) is 12.3. The summed E-state index contributed by atoms with van der Waals surface area (Å²) < 4.78 is 34.5. The highest BCUT2D eigenvalue weighted by Gasteiger charge is 2.33. The molecule has 6 heteroatoms. The number of hydrogen-bond acceptors (Lipinski definition) is 3. The van der Waals surface area contributed by atoms with E-state index in [-0.39, 0.29) is 10.3 Å². The fourth-order valence-electron chi connectivity index (χ4n) is 4.30. The first-order chi connectivity index (χ1) is 14.1. The van der Waals surface area contributed by atoms with Crippen molar-refractivity contribution >= 4 is 38.3 Å². The summed E-state index contributed by atoms with van der Waals surface area (Å²) in [6.45, 7) is 8.70. The number of hydrogen-bond donors (Lipinski definition) is 1. The maximum Gasteiger partial charge on any atom is 0.261 e. The fourth-order valence-corrected chi connectivity index (χ4v) is 5.55. The van der Waals surface area contributed by atoms with Crippen molar-refractivity contribution in [2.75, 3.05) is 4.72 Å². The van der Waals surface area contributed by atoms with Crippen LogP contribution in [0.3, 0.4) is 0 Å². The molecule has 1 atom stereocenters. The van der Waals surface area contributed by atoms with Crippen LogP contribution in [0.2, 0.25) is 5.02 Å². The Morgan fingerprint density at radius 2 is 1.97 bits per heavy atom. The van der Waals surface area contributed by atoms with Gasteiger partial charge in [0.1, 0.15) is 11.3 Å². The molecule has 1 aliphatic rings. The lowest BCUT2D eigenvalue weighted by atomic mass is 9.69. The average molecular weight is 446 g/mol. The number of fused-ring (bicyclic) bond motifs is 3. The number of rotatable bonds is 5. The highest BCUT2D eigenvalue weighted by molar-refractivity contribution is 7.92. The van der Waals surface area contributed by atoms with Crippen molar-refractivity contribution in [2.24, 2.45) is 11.3 Å². The Labute approximate surface area is 183 Å². The van der Waals surface area contributed by atoms with Gasteiger partial charge in [0.25, 0.3) is 10.0 Å². The number of benzene rings is 2. The minimum absolute atomic E-state index is 0.198. The van der Waals surface area contributed by atoms with E-state index in [0.717, 1.165) is 48.0 Å². The zero-order valence-corrected chi connectivity index (χ0v) is 19.5. The molecule has 1 aromatic heterocycles. The van der Waals surface area contributed by atoms with Gasteiger partial charge in [-0.3, -0.25) is 4.72 Å². The predicted octanol–water partition coefficient (Wildman–Crippen LogP) is 6.74. The molecule has 1 aliphatic carbocycles. The normalized spacial score (nSPS) is 17.2. The van der Waals surface area contributed by atoms with Gasteiger partial charge in [-0.15, -0.1) is 0 Å². The molecule has 4 rings (SSSR count). The number of sulfonamides is 1. The van der Waals surface area contributed by atoms with Crippen molar-refractivity contribution in [3.05, 3.63) is 58.3 Å². The van der Waals surface area contributed by atoms with Crippen LogP contribution in [0.5, 0.6) is 0 Å². The van der Waals surface area contributed by atoms with Gasteiger partial charge in [0.05, 0.1) is 4.90 Å². The second kappa shape index (κ2) is 7.61. The van der Waals surface area contributed by atoms with Crippen molar-refractivity contribution in [2.45, 2.75) is 58.3 Å². The molecule has 2 aromatic carbocycles. The third-order valence-electron chi connectivity index (χ3n) is 6.75. The molecular formula is C24H28ClNO3S. The minimum atomic E-state index is -3.70. The first kappa shape index (κ1) is 21.3. The Kier molecular flexibility index (Phi) is 5.39. The van der Waals surface area contributed by atoms with Crippen molar-refractivity contribution < 1.29 is 12.8 Å². The zero-order chi connectivity index (χ0) is 21.7. The van der Waals surface area contributed by atoms with E-state index in [0.29, 0.717) is 16.6 Å². The van der Waals surface area contributed by atoms with Crippen LogP contribution in [0.15, 0.2) is 45.7 Å². The van der Waals surface area contributed by atoms with E-state index in [9.17, 15) is 8.42 Å². The molecule has 0 spiro atoms. The van der Waals surface area contributed by atoms with Crippen LogP contribution in [-0.2, 0) is 22.9 Å². The molecule has 0 bridgehead atoms. The minimum Gasteiger partial charge on any atom is -0.461 e. The molecule has 3 aromatic rings. The Hall–Kier alpha value is -1.98. The molecule has 0 aliphatic heterocycles. The van der Waals surface area contributed by atoms with Crippen LogP contribution >= 0.6 is 11.6 Å². The summed E-state index contributed by atoms with van der Waals surface area (Å²) >= 11 is 6.04. The van der Waals surface area contributed by atoms with Crippen LogP contribution < -0.4 is 4.72 Å². The lowest BCUT2D eigenvalue weighted by Crippen LogP contribution is -2.28. The highest BCUT2D eigenvalue weighted by Crippen LogP contribution is 2.43. The highest BCUT2D eigenvalue weighted by atomic mass is 35.5. The molecule has 0 radical (unpaired) electrons. The summed E-state index contributed by atoms with van der Waals surface area (Å²) in [6, 6.07) is 10.2. The van der Waals surface area contributed by atoms with E-state index < -0.39 is 10.0 Å². The Balaban J connectivity index is 1.67. The van der Waals surface area contributed by atoms with Gasteiger partial charge in [-0.05, 0) is 73.1 Å². The topological polar surface area (TPSA) is 59.3 Å².